The highest BCUT2D eigenvalue weighted by Crippen LogP contribution is 2.27. The summed E-state index contributed by atoms with van der Waals surface area (Å²) >= 11 is 11.5. The molecule has 18 heavy (non-hydrogen) atoms. The van der Waals surface area contributed by atoms with Crippen LogP contribution in [0, 0.1) is 0 Å². The fourth-order valence-electron chi connectivity index (χ4n) is 1.59. The molecule has 0 atom stereocenters. The number of halogens is 2. The van der Waals surface area contributed by atoms with E-state index in [1.165, 1.54) is 0 Å². The quantitative estimate of drug-likeness (QED) is 0.639. The zero-order valence-corrected chi connectivity index (χ0v) is 12.2. The lowest BCUT2D eigenvalue weighted by Crippen LogP contribution is -2.16. The Kier molecular flexibility index (Phi) is 6.30. The number of hydrogen-bond donors (Lipinski definition) is 1. The molecule has 0 aromatic heterocycles. The van der Waals surface area contributed by atoms with Crippen LogP contribution in [0.2, 0.25) is 5.02 Å². The van der Waals surface area contributed by atoms with Crippen molar-refractivity contribution < 1.29 is 4.79 Å². The van der Waals surface area contributed by atoms with Gasteiger partial charge in [0.15, 0.2) is 0 Å². The van der Waals surface area contributed by atoms with Crippen LogP contribution in [0.15, 0.2) is 18.2 Å². The van der Waals surface area contributed by atoms with E-state index < -0.39 is 0 Å². The number of rotatable bonds is 6. The molecular formula is C13H18Cl2N2O. The summed E-state index contributed by atoms with van der Waals surface area (Å²) in [5.41, 5.74) is 1.67. The summed E-state index contributed by atoms with van der Waals surface area (Å²) in [7, 11) is 3.85. The van der Waals surface area contributed by atoms with Gasteiger partial charge in [0.05, 0.1) is 11.4 Å². The molecule has 0 aliphatic rings. The lowest BCUT2D eigenvalue weighted by atomic mass is 10.2. The van der Waals surface area contributed by atoms with Crippen molar-refractivity contribution in [3.8, 4) is 0 Å². The van der Waals surface area contributed by atoms with Crippen molar-refractivity contribution in [2.75, 3.05) is 30.2 Å². The Balaban J connectivity index is 2.70. The zero-order chi connectivity index (χ0) is 13.5. The van der Waals surface area contributed by atoms with Crippen molar-refractivity contribution in [3.63, 3.8) is 0 Å². The first-order valence-electron chi connectivity index (χ1n) is 5.87. The van der Waals surface area contributed by atoms with Gasteiger partial charge in [-0.05, 0) is 31.0 Å². The van der Waals surface area contributed by atoms with E-state index in [2.05, 4.69) is 5.32 Å². The summed E-state index contributed by atoms with van der Waals surface area (Å²) in [6, 6.07) is 5.45. The number of unbranched alkanes of at least 4 members (excludes halogenated alkanes) is 1. The molecule has 0 saturated carbocycles. The van der Waals surface area contributed by atoms with Crippen molar-refractivity contribution in [2.24, 2.45) is 0 Å². The zero-order valence-electron chi connectivity index (χ0n) is 10.7. The van der Waals surface area contributed by atoms with E-state index in [9.17, 15) is 4.79 Å². The molecule has 1 N–H and O–H groups in total. The first-order chi connectivity index (χ1) is 8.54. The van der Waals surface area contributed by atoms with Gasteiger partial charge in [-0.15, -0.1) is 11.6 Å². The third-order valence-electron chi connectivity index (χ3n) is 2.50. The largest absolute Gasteiger partial charge is 0.376 e. The monoisotopic (exact) mass is 288 g/mol. The van der Waals surface area contributed by atoms with Gasteiger partial charge in [-0.2, -0.15) is 0 Å². The van der Waals surface area contributed by atoms with Gasteiger partial charge >= 0.3 is 0 Å². The lowest BCUT2D eigenvalue weighted by Gasteiger charge is -2.18. The Labute approximate surface area is 118 Å². The predicted octanol–water partition coefficient (Wildman–Crippen LogP) is 3.75. The molecule has 0 bridgehead atoms. The summed E-state index contributed by atoms with van der Waals surface area (Å²) < 4.78 is 0. The van der Waals surface area contributed by atoms with E-state index in [-0.39, 0.29) is 5.91 Å². The molecular weight excluding hydrogens is 271 g/mol. The van der Waals surface area contributed by atoms with Gasteiger partial charge in [0.2, 0.25) is 5.91 Å². The number of carbonyl (C=O) groups is 1. The minimum Gasteiger partial charge on any atom is -0.376 e. The van der Waals surface area contributed by atoms with E-state index in [1.54, 1.807) is 12.1 Å². The first kappa shape index (κ1) is 15.1. The molecule has 1 aromatic rings. The molecule has 0 unspecified atom stereocenters. The number of carbonyl (C=O) groups excluding carboxylic acids is 1. The van der Waals surface area contributed by atoms with Crippen LogP contribution >= 0.6 is 23.2 Å². The summed E-state index contributed by atoms with van der Waals surface area (Å²) in [6.07, 6.45) is 2.13. The Morgan fingerprint density at radius 1 is 1.33 bits per heavy atom. The number of nitrogens with one attached hydrogen (secondary N) is 1. The van der Waals surface area contributed by atoms with E-state index in [0.717, 1.165) is 24.2 Å². The maximum absolute atomic E-state index is 11.8. The van der Waals surface area contributed by atoms with Crippen molar-refractivity contribution in [3.05, 3.63) is 23.2 Å². The van der Waals surface area contributed by atoms with Crippen LogP contribution in [-0.2, 0) is 4.79 Å². The molecule has 0 radical (unpaired) electrons. The van der Waals surface area contributed by atoms with Crippen LogP contribution < -0.4 is 10.2 Å². The van der Waals surface area contributed by atoms with Crippen molar-refractivity contribution in [1.29, 1.82) is 0 Å². The minimum atomic E-state index is -0.00881. The molecule has 1 amide bonds. The van der Waals surface area contributed by atoms with Gasteiger partial charge in [0.1, 0.15) is 0 Å². The smallest absolute Gasteiger partial charge is 0.224 e. The summed E-state index contributed by atoms with van der Waals surface area (Å²) in [5.74, 6) is 0.582. The molecule has 5 heteroatoms. The van der Waals surface area contributed by atoms with Gasteiger partial charge in [0.25, 0.3) is 0 Å². The van der Waals surface area contributed by atoms with E-state index in [0.29, 0.717) is 17.3 Å². The predicted molar refractivity (Wildman–Crippen MR) is 79.0 cm³/mol. The van der Waals surface area contributed by atoms with Crippen LogP contribution in [0.3, 0.4) is 0 Å². The molecule has 0 heterocycles. The van der Waals surface area contributed by atoms with Gasteiger partial charge in [-0.25, -0.2) is 0 Å². The fourth-order valence-corrected chi connectivity index (χ4v) is 1.95. The maximum atomic E-state index is 11.8. The Bertz CT molecular complexity index is 408. The molecule has 0 saturated heterocycles. The molecule has 3 nitrogen and oxygen atoms in total. The number of anilines is 2. The average molecular weight is 289 g/mol. The highest BCUT2D eigenvalue weighted by Gasteiger charge is 2.09. The lowest BCUT2D eigenvalue weighted by molar-refractivity contribution is -0.116. The topological polar surface area (TPSA) is 32.3 Å². The van der Waals surface area contributed by atoms with Gasteiger partial charge in [-0.3, -0.25) is 4.79 Å². The number of benzene rings is 1. The second kappa shape index (κ2) is 7.49. The highest BCUT2D eigenvalue weighted by atomic mass is 35.5. The second-order valence-corrected chi connectivity index (χ2v) is 5.06. The van der Waals surface area contributed by atoms with Crippen LogP contribution in [-0.4, -0.2) is 25.9 Å². The second-order valence-electron chi connectivity index (χ2n) is 4.25. The van der Waals surface area contributed by atoms with E-state index >= 15 is 0 Å². The third-order valence-corrected chi connectivity index (χ3v) is 3.00. The van der Waals surface area contributed by atoms with Crippen molar-refractivity contribution in [1.82, 2.24) is 0 Å². The first-order valence-corrected chi connectivity index (χ1v) is 6.78. The summed E-state index contributed by atoms with van der Waals surface area (Å²) in [6.45, 7) is 0. The number of hydrogen-bond acceptors (Lipinski definition) is 2. The van der Waals surface area contributed by atoms with E-state index in [1.807, 2.05) is 25.1 Å². The highest BCUT2D eigenvalue weighted by molar-refractivity contribution is 6.31. The molecule has 0 fully saturated rings. The molecule has 0 aliphatic heterocycles. The minimum absolute atomic E-state index is 0.00881. The summed E-state index contributed by atoms with van der Waals surface area (Å²) in [5, 5.41) is 3.49. The van der Waals surface area contributed by atoms with Crippen LogP contribution in [0.4, 0.5) is 11.4 Å². The third kappa shape index (κ3) is 4.75. The van der Waals surface area contributed by atoms with Crippen LogP contribution in [0.1, 0.15) is 19.3 Å². The van der Waals surface area contributed by atoms with Crippen molar-refractivity contribution in [2.45, 2.75) is 19.3 Å². The van der Waals surface area contributed by atoms with Gasteiger partial charge in [-0.1, -0.05) is 11.6 Å². The average Bonchev–Trinajstić information content (AvgIpc) is 2.29. The standard InChI is InChI=1S/C13H18Cl2N2O/c1-17(2)12-7-6-10(15)9-11(12)16-13(18)5-3-4-8-14/h6-7,9H,3-5,8H2,1-2H3,(H,16,18). The molecule has 1 rings (SSSR count). The van der Waals surface area contributed by atoms with Gasteiger partial charge in [0, 0.05) is 31.4 Å². The van der Waals surface area contributed by atoms with E-state index in [4.69, 9.17) is 23.2 Å². The number of alkyl halides is 1. The molecule has 100 valence electrons. The number of amides is 1. The maximum Gasteiger partial charge on any atom is 0.224 e. The van der Waals surface area contributed by atoms with Crippen molar-refractivity contribution >= 4 is 40.5 Å². The molecule has 1 aromatic carbocycles. The Morgan fingerprint density at radius 2 is 2.06 bits per heavy atom. The van der Waals surface area contributed by atoms with Gasteiger partial charge < -0.3 is 10.2 Å². The van der Waals surface area contributed by atoms with Crippen LogP contribution in [0.25, 0.3) is 0 Å². The fraction of sp³-hybridized carbons (Fsp3) is 0.462. The number of nitrogens with zero attached hydrogens (tertiary/aromatic N) is 1. The Morgan fingerprint density at radius 3 is 2.67 bits per heavy atom. The Hall–Kier alpha value is -0.930. The SMILES string of the molecule is CN(C)c1ccc(Cl)cc1NC(=O)CCCCCl. The molecule has 0 aliphatic carbocycles. The normalized spacial score (nSPS) is 10.2. The van der Waals surface area contributed by atoms with Crippen LogP contribution in [0.5, 0.6) is 0 Å². The summed E-state index contributed by atoms with van der Waals surface area (Å²) in [4.78, 5) is 13.7. The molecule has 0 spiro atoms.